The molecule has 2 amide bonds. The molecule has 6 nitrogen and oxygen atoms in total. The van der Waals surface area contributed by atoms with Crippen molar-refractivity contribution in [1.82, 2.24) is 15.5 Å². The van der Waals surface area contributed by atoms with Crippen molar-refractivity contribution in [3.05, 3.63) is 5.01 Å². The molecular formula is C16H24N4O2S. The van der Waals surface area contributed by atoms with Crippen molar-refractivity contribution in [2.24, 2.45) is 17.3 Å². The van der Waals surface area contributed by atoms with Crippen molar-refractivity contribution in [3.8, 4) is 0 Å². The zero-order valence-electron chi connectivity index (χ0n) is 13.7. The number of urea groups is 1. The van der Waals surface area contributed by atoms with Crippen molar-refractivity contribution in [1.29, 1.82) is 0 Å². The highest BCUT2D eigenvalue weighted by Gasteiger charge is 2.67. The minimum absolute atomic E-state index is 0.154. The van der Waals surface area contributed by atoms with Gasteiger partial charge in [-0.15, -0.1) is 10.2 Å². The van der Waals surface area contributed by atoms with Crippen molar-refractivity contribution in [3.63, 3.8) is 0 Å². The molecule has 3 fully saturated rings. The molecule has 1 spiro atoms. The number of aromatic nitrogens is 2. The smallest absolute Gasteiger partial charge is 0.321 e. The second-order valence-electron chi connectivity index (χ2n) is 7.51. The lowest BCUT2D eigenvalue weighted by Crippen LogP contribution is -2.72. The van der Waals surface area contributed by atoms with Gasteiger partial charge in [0.05, 0.1) is 6.10 Å². The first-order chi connectivity index (χ1) is 11.1. The van der Waals surface area contributed by atoms with E-state index in [4.69, 9.17) is 4.74 Å². The fraction of sp³-hybridized carbons (Fsp3) is 0.812. The fourth-order valence-corrected chi connectivity index (χ4v) is 5.41. The number of amides is 2. The van der Waals surface area contributed by atoms with E-state index in [-0.39, 0.29) is 17.5 Å². The summed E-state index contributed by atoms with van der Waals surface area (Å²) in [5.74, 6) is 1.03. The molecule has 0 unspecified atom stereocenters. The van der Waals surface area contributed by atoms with Gasteiger partial charge < -0.3 is 10.1 Å². The first kappa shape index (κ1) is 15.3. The second-order valence-corrected chi connectivity index (χ2v) is 8.57. The summed E-state index contributed by atoms with van der Waals surface area (Å²) in [6.45, 7) is 5.14. The number of nitrogens with one attached hydrogen (secondary N) is 2. The van der Waals surface area contributed by atoms with Gasteiger partial charge in [-0.3, -0.25) is 5.32 Å². The number of carbonyl (C=O) groups is 1. The Labute approximate surface area is 140 Å². The Morgan fingerprint density at radius 3 is 2.96 bits per heavy atom. The molecule has 0 aromatic carbocycles. The van der Waals surface area contributed by atoms with Gasteiger partial charge in [-0.1, -0.05) is 31.6 Å². The summed E-state index contributed by atoms with van der Waals surface area (Å²) in [6, 6.07) is 0.102. The van der Waals surface area contributed by atoms with E-state index in [0.717, 1.165) is 24.5 Å². The van der Waals surface area contributed by atoms with Gasteiger partial charge in [0, 0.05) is 30.4 Å². The molecule has 2 heterocycles. The largest absolute Gasteiger partial charge is 0.377 e. The minimum atomic E-state index is -0.154. The Balaban J connectivity index is 1.36. The predicted molar refractivity (Wildman–Crippen MR) is 88.5 cm³/mol. The Hall–Kier alpha value is -1.21. The maximum atomic E-state index is 12.3. The van der Waals surface area contributed by atoms with Gasteiger partial charge in [-0.25, -0.2) is 4.79 Å². The molecule has 4 rings (SSSR count). The normalized spacial score (nSPS) is 30.7. The Kier molecular flexibility index (Phi) is 3.80. The van der Waals surface area contributed by atoms with Gasteiger partial charge in [-0.2, -0.15) is 0 Å². The third kappa shape index (κ3) is 2.54. The Bertz CT molecular complexity index is 599. The predicted octanol–water partition coefficient (Wildman–Crippen LogP) is 2.82. The summed E-state index contributed by atoms with van der Waals surface area (Å²) < 4.78 is 5.89. The number of ether oxygens (including phenoxy) is 1. The van der Waals surface area contributed by atoms with Crippen molar-refractivity contribution < 1.29 is 9.53 Å². The number of fused-ring (bicyclic) bond motifs is 2. The number of hydrogen-bond donors (Lipinski definition) is 2. The lowest BCUT2D eigenvalue weighted by Gasteiger charge is -2.63. The summed E-state index contributed by atoms with van der Waals surface area (Å²) >= 11 is 1.46. The number of hydrogen-bond acceptors (Lipinski definition) is 5. The molecule has 7 heteroatoms. The first-order valence-corrected chi connectivity index (χ1v) is 9.42. The van der Waals surface area contributed by atoms with Crippen LogP contribution in [0, 0.1) is 17.3 Å². The summed E-state index contributed by atoms with van der Waals surface area (Å²) in [5.41, 5.74) is 0.211. The van der Waals surface area contributed by atoms with Gasteiger partial charge in [-0.05, 0) is 25.2 Å². The number of nitrogens with zero attached hydrogens (tertiary/aromatic N) is 2. The van der Waals surface area contributed by atoms with E-state index in [1.165, 1.54) is 30.6 Å². The van der Waals surface area contributed by atoms with Crippen molar-refractivity contribution in [2.75, 3.05) is 11.9 Å². The zero-order chi connectivity index (χ0) is 16.0. The van der Waals surface area contributed by atoms with Crippen LogP contribution in [0.3, 0.4) is 0 Å². The average Bonchev–Trinajstić information content (AvgIpc) is 3.02. The third-order valence-electron chi connectivity index (χ3n) is 5.59. The first-order valence-electron chi connectivity index (χ1n) is 8.60. The van der Waals surface area contributed by atoms with Crippen LogP contribution in [0.1, 0.15) is 44.5 Å². The van der Waals surface area contributed by atoms with Gasteiger partial charge in [0.25, 0.3) is 0 Å². The maximum Gasteiger partial charge on any atom is 0.321 e. The highest BCUT2D eigenvalue weighted by Crippen LogP contribution is 2.62. The summed E-state index contributed by atoms with van der Waals surface area (Å²) in [5, 5.41) is 15.8. The average molecular weight is 336 g/mol. The topological polar surface area (TPSA) is 76.1 Å². The number of rotatable bonds is 4. The van der Waals surface area contributed by atoms with Crippen LogP contribution in [0.4, 0.5) is 9.93 Å². The van der Waals surface area contributed by atoms with Crippen LogP contribution >= 0.6 is 11.3 Å². The molecule has 1 aromatic rings. The van der Waals surface area contributed by atoms with Crippen LogP contribution in [-0.4, -0.2) is 35.0 Å². The maximum absolute atomic E-state index is 12.3. The van der Waals surface area contributed by atoms with E-state index in [1.54, 1.807) is 0 Å². The van der Waals surface area contributed by atoms with Crippen molar-refractivity contribution >= 4 is 22.5 Å². The van der Waals surface area contributed by atoms with Crippen LogP contribution in [0.25, 0.3) is 0 Å². The molecule has 23 heavy (non-hydrogen) atoms. The highest BCUT2D eigenvalue weighted by molar-refractivity contribution is 7.15. The molecule has 1 saturated heterocycles. The molecule has 2 saturated carbocycles. The number of anilines is 1. The van der Waals surface area contributed by atoms with Crippen LogP contribution < -0.4 is 10.6 Å². The lowest BCUT2D eigenvalue weighted by atomic mass is 9.46. The van der Waals surface area contributed by atoms with Crippen LogP contribution in [0.15, 0.2) is 0 Å². The second kappa shape index (κ2) is 5.70. The summed E-state index contributed by atoms with van der Waals surface area (Å²) in [4.78, 5) is 12.3. The molecule has 1 aromatic heterocycles. The van der Waals surface area contributed by atoms with E-state index in [2.05, 4.69) is 34.7 Å². The van der Waals surface area contributed by atoms with Gasteiger partial charge in [0.1, 0.15) is 5.01 Å². The van der Waals surface area contributed by atoms with Gasteiger partial charge in [0.15, 0.2) is 0 Å². The van der Waals surface area contributed by atoms with E-state index in [1.807, 2.05) is 0 Å². The van der Waals surface area contributed by atoms with Crippen LogP contribution in [0.5, 0.6) is 0 Å². The summed E-state index contributed by atoms with van der Waals surface area (Å²) in [7, 11) is 0. The lowest BCUT2D eigenvalue weighted by molar-refractivity contribution is -0.171. The van der Waals surface area contributed by atoms with Crippen molar-refractivity contribution in [2.45, 2.75) is 58.1 Å². The van der Waals surface area contributed by atoms with E-state index < -0.39 is 0 Å². The van der Waals surface area contributed by atoms with Gasteiger partial charge >= 0.3 is 6.03 Å². The quantitative estimate of drug-likeness (QED) is 0.886. The molecule has 2 aliphatic carbocycles. The number of carbonyl (C=O) groups excluding carboxylic acids is 1. The molecule has 0 radical (unpaired) electrons. The summed E-state index contributed by atoms with van der Waals surface area (Å²) in [6.07, 6.45) is 5.94. The third-order valence-corrected chi connectivity index (χ3v) is 6.45. The monoisotopic (exact) mass is 336 g/mol. The molecular weight excluding hydrogens is 312 g/mol. The Morgan fingerprint density at radius 1 is 1.43 bits per heavy atom. The molecule has 3 atom stereocenters. The molecule has 126 valence electrons. The molecule has 0 bridgehead atoms. The van der Waals surface area contributed by atoms with E-state index in [0.29, 0.717) is 23.1 Å². The zero-order valence-corrected chi connectivity index (χ0v) is 14.5. The van der Waals surface area contributed by atoms with Crippen LogP contribution in [-0.2, 0) is 11.2 Å². The molecule has 3 aliphatic rings. The fourth-order valence-electron chi connectivity index (χ4n) is 4.47. The van der Waals surface area contributed by atoms with Crippen LogP contribution in [0.2, 0.25) is 0 Å². The van der Waals surface area contributed by atoms with E-state index >= 15 is 0 Å². The Morgan fingerprint density at radius 2 is 2.26 bits per heavy atom. The van der Waals surface area contributed by atoms with E-state index in [9.17, 15) is 4.79 Å². The molecule has 2 N–H and O–H groups in total. The minimum Gasteiger partial charge on any atom is -0.377 e. The SMILES string of the molecule is CC(C)Cc1nnc(NC(=O)N[C@@H]2[C@@H]3CCO[C@@H]3C23CCC3)s1. The van der Waals surface area contributed by atoms with Gasteiger partial charge in [0.2, 0.25) is 5.13 Å². The standard InChI is InChI=1S/C16H24N4O2S/c1-9(2)8-11-19-20-15(23-11)18-14(21)17-12-10-4-7-22-13(10)16(12)5-3-6-16/h9-10,12-13H,3-8H2,1-2H3,(H2,17,18,20,21)/t10-,12+,13-/m0/s1. The highest BCUT2D eigenvalue weighted by atomic mass is 32.1. The molecule has 1 aliphatic heterocycles.